The number of halogens is 1. The van der Waals surface area contributed by atoms with E-state index in [4.69, 9.17) is 16.3 Å². The van der Waals surface area contributed by atoms with Crippen molar-refractivity contribution in [1.82, 2.24) is 5.32 Å². The van der Waals surface area contributed by atoms with Gasteiger partial charge in [-0.3, -0.25) is 9.59 Å². The molecule has 2 aromatic rings. The minimum Gasteiger partial charge on any atom is -0.490 e. The number of ether oxygens (including phenoxy) is 1. The van der Waals surface area contributed by atoms with Gasteiger partial charge >= 0.3 is 0 Å². The summed E-state index contributed by atoms with van der Waals surface area (Å²) in [5, 5.41) is 4.63. The average Bonchev–Trinajstić information content (AvgIpc) is 2.77. The van der Waals surface area contributed by atoms with Crippen LogP contribution in [-0.4, -0.2) is 34.6 Å². The molecule has 0 aromatic heterocycles. The first-order chi connectivity index (χ1) is 15.1. The number of hydrogen-bond acceptors (Lipinski definition) is 5. The first-order valence-corrected chi connectivity index (χ1v) is 12.0. The lowest BCUT2D eigenvalue weighted by Crippen LogP contribution is -2.39. The number of carbonyl (C=O) groups is 2. The normalized spacial score (nSPS) is 20.5. The number of amides is 1. The van der Waals surface area contributed by atoms with E-state index in [0.717, 1.165) is 42.2 Å². The molecule has 0 radical (unpaired) electrons. The summed E-state index contributed by atoms with van der Waals surface area (Å²) in [6.45, 7) is 0. The van der Waals surface area contributed by atoms with Crippen molar-refractivity contribution in [1.29, 1.82) is 0 Å². The van der Waals surface area contributed by atoms with Crippen LogP contribution in [0.2, 0.25) is 5.02 Å². The van der Waals surface area contributed by atoms with Crippen molar-refractivity contribution in [3.63, 3.8) is 0 Å². The summed E-state index contributed by atoms with van der Waals surface area (Å²) < 4.78 is 6.01. The van der Waals surface area contributed by atoms with Crippen molar-refractivity contribution in [2.45, 2.75) is 50.7 Å². The predicted octanol–water partition coefficient (Wildman–Crippen LogP) is 5.59. The van der Waals surface area contributed by atoms with E-state index < -0.39 is 0 Å². The third-order valence-electron chi connectivity index (χ3n) is 5.51. The summed E-state index contributed by atoms with van der Waals surface area (Å²) in [7, 11) is 0. The van der Waals surface area contributed by atoms with Gasteiger partial charge in [-0.25, -0.2) is 4.99 Å². The van der Waals surface area contributed by atoms with E-state index >= 15 is 0 Å². The molecular weight excluding hydrogens is 432 g/mol. The molecule has 1 heterocycles. The standard InChI is InChI=1S/C24H25ClN2O3S/c25-16-5-9-18(10-6-16)30-19-11-7-17(8-12-19)26-23(29)13-14-31-24-15-22(28)20-3-1-2-4-21(20)27-24/h1-6,9-10,17,19H,7-8,11-15H2,(H,26,29). The van der Waals surface area contributed by atoms with Crippen molar-refractivity contribution >= 4 is 45.8 Å². The zero-order valence-electron chi connectivity index (χ0n) is 17.2. The second-order valence-electron chi connectivity index (χ2n) is 7.83. The molecule has 0 saturated heterocycles. The molecule has 1 aliphatic carbocycles. The SMILES string of the molecule is O=C(CCSC1=Nc2ccccc2C(=O)C1)NC1CCC(Oc2ccc(Cl)cc2)CC1. The monoisotopic (exact) mass is 456 g/mol. The molecule has 1 aliphatic heterocycles. The molecule has 1 amide bonds. The largest absolute Gasteiger partial charge is 0.490 e. The maximum atomic E-state index is 12.3. The van der Waals surface area contributed by atoms with Crippen LogP contribution < -0.4 is 10.1 Å². The second kappa shape index (κ2) is 10.3. The number of carbonyl (C=O) groups excluding carboxylic acids is 2. The van der Waals surface area contributed by atoms with Gasteiger partial charge in [0.25, 0.3) is 0 Å². The van der Waals surface area contributed by atoms with Crippen LogP contribution >= 0.6 is 23.4 Å². The number of Topliss-reactive ketones (excluding diaryl/α,β-unsaturated/α-hetero) is 1. The zero-order valence-corrected chi connectivity index (χ0v) is 18.8. The van der Waals surface area contributed by atoms with E-state index in [1.54, 1.807) is 0 Å². The molecule has 7 heteroatoms. The second-order valence-corrected chi connectivity index (χ2v) is 9.44. The topological polar surface area (TPSA) is 67.8 Å². The Morgan fingerprint density at radius 1 is 1.10 bits per heavy atom. The molecule has 4 rings (SSSR count). The summed E-state index contributed by atoms with van der Waals surface area (Å²) in [6, 6.07) is 15.0. The van der Waals surface area contributed by atoms with Gasteiger partial charge in [-0.2, -0.15) is 0 Å². The third-order valence-corrected chi connectivity index (χ3v) is 6.74. The van der Waals surface area contributed by atoms with Crippen molar-refractivity contribution in [2.75, 3.05) is 5.75 Å². The lowest BCUT2D eigenvalue weighted by Gasteiger charge is -2.29. The number of thioether (sulfide) groups is 1. The van der Waals surface area contributed by atoms with Crippen LogP contribution in [0.4, 0.5) is 5.69 Å². The number of para-hydroxylation sites is 1. The van der Waals surface area contributed by atoms with Crippen LogP contribution in [-0.2, 0) is 4.79 Å². The Hall–Kier alpha value is -2.31. The molecule has 2 aromatic carbocycles. The summed E-state index contributed by atoms with van der Waals surface area (Å²) >= 11 is 7.41. The third kappa shape index (κ3) is 6.11. The molecule has 5 nitrogen and oxygen atoms in total. The van der Waals surface area contributed by atoms with Crippen LogP contribution in [0, 0.1) is 0 Å². The fraction of sp³-hybridized carbons (Fsp3) is 0.375. The van der Waals surface area contributed by atoms with Gasteiger partial charge in [0.2, 0.25) is 5.91 Å². The van der Waals surface area contributed by atoms with E-state index in [2.05, 4.69) is 10.3 Å². The first kappa shape index (κ1) is 21.9. The van der Waals surface area contributed by atoms with Gasteiger partial charge in [-0.15, -0.1) is 11.8 Å². The average molecular weight is 457 g/mol. The highest BCUT2D eigenvalue weighted by atomic mass is 35.5. The van der Waals surface area contributed by atoms with Crippen molar-refractivity contribution < 1.29 is 14.3 Å². The van der Waals surface area contributed by atoms with E-state index in [1.807, 2.05) is 48.5 Å². The molecule has 1 N–H and O–H groups in total. The molecule has 0 bridgehead atoms. The number of nitrogens with one attached hydrogen (secondary N) is 1. The van der Waals surface area contributed by atoms with Crippen molar-refractivity contribution in [3.05, 3.63) is 59.1 Å². The van der Waals surface area contributed by atoms with E-state index in [1.165, 1.54) is 11.8 Å². The van der Waals surface area contributed by atoms with Crippen molar-refractivity contribution in [2.24, 2.45) is 4.99 Å². The number of benzene rings is 2. The van der Waals surface area contributed by atoms with Crippen LogP contribution in [0.25, 0.3) is 0 Å². The molecule has 31 heavy (non-hydrogen) atoms. The molecule has 2 aliphatic rings. The minimum absolute atomic E-state index is 0.0534. The van der Waals surface area contributed by atoms with Crippen LogP contribution in [0.15, 0.2) is 53.5 Å². The first-order valence-electron chi connectivity index (χ1n) is 10.6. The highest BCUT2D eigenvalue weighted by Crippen LogP contribution is 2.29. The van der Waals surface area contributed by atoms with Crippen LogP contribution in [0.3, 0.4) is 0 Å². The Bertz CT molecular complexity index is 969. The van der Waals surface area contributed by atoms with E-state index in [0.29, 0.717) is 29.2 Å². The Balaban J connectivity index is 1.16. The number of aliphatic imine (C=N–C) groups is 1. The smallest absolute Gasteiger partial charge is 0.221 e. The molecular formula is C24H25ClN2O3S. The molecule has 162 valence electrons. The lowest BCUT2D eigenvalue weighted by atomic mass is 9.93. The molecule has 1 saturated carbocycles. The number of nitrogens with zero attached hydrogens (tertiary/aromatic N) is 1. The summed E-state index contributed by atoms with van der Waals surface area (Å²) in [5.41, 5.74) is 1.41. The Labute approximate surface area is 191 Å². The Kier molecular flexibility index (Phi) is 7.30. The van der Waals surface area contributed by atoms with E-state index in [-0.39, 0.29) is 23.8 Å². The minimum atomic E-state index is 0.0534. The van der Waals surface area contributed by atoms with Gasteiger partial charge in [0, 0.05) is 28.8 Å². The van der Waals surface area contributed by atoms with Gasteiger partial charge in [0.1, 0.15) is 5.75 Å². The van der Waals surface area contributed by atoms with Crippen LogP contribution in [0.5, 0.6) is 5.75 Å². The Morgan fingerprint density at radius 3 is 2.61 bits per heavy atom. The summed E-state index contributed by atoms with van der Waals surface area (Å²) in [5.74, 6) is 1.60. The maximum absolute atomic E-state index is 12.3. The zero-order chi connectivity index (χ0) is 21.6. The number of ketones is 1. The predicted molar refractivity (Wildman–Crippen MR) is 126 cm³/mol. The maximum Gasteiger partial charge on any atom is 0.221 e. The highest BCUT2D eigenvalue weighted by Gasteiger charge is 2.24. The number of rotatable bonds is 6. The van der Waals surface area contributed by atoms with Gasteiger partial charge < -0.3 is 10.1 Å². The molecule has 0 spiro atoms. The highest BCUT2D eigenvalue weighted by molar-refractivity contribution is 8.14. The number of hydrogen-bond donors (Lipinski definition) is 1. The number of fused-ring (bicyclic) bond motifs is 1. The fourth-order valence-electron chi connectivity index (χ4n) is 3.89. The Morgan fingerprint density at radius 2 is 1.84 bits per heavy atom. The quantitative estimate of drug-likeness (QED) is 0.615. The van der Waals surface area contributed by atoms with Gasteiger partial charge in [-0.05, 0) is 62.1 Å². The molecule has 0 atom stereocenters. The fourth-order valence-corrected chi connectivity index (χ4v) is 4.93. The molecule has 0 unspecified atom stereocenters. The molecule has 1 fully saturated rings. The van der Waals surface area contributed by atoms with Gasteiger partial charge in [0.05, 0.1) is 23.3 Å². The summed E-state index contributed by atoms with van der Waals surface area (Å²) in [6.07, 6.45) is 4.57. The van der Waals surface area contributed by atoms with Gasteiger partial charge in [-0.1, -0.05) is 23.7 Å². The van der Waals surface area contributed by atoms with Crippen LogP contribution in [0.1, 0.15) is 48.9 Å². The van der Waals surface area contributed by atoms with E-state index in [9.17, 15) is 9.59 Å². The summed E-state index contributed by atoms with van der Waals surface area (Å²) in [4.78, 5) is 29.1. The van der Waals surface area contributed by atoms with Crippen molar-refractivity contribution in [3.8, 4) is 5.75 Å². The van der Waals surface area contributed by atoms with Gasteiger partial charge in [0.15, 0.2) is 5.78 Å². The lowest BCUT2D eigenvalue weighted by molar-refractivity contribution is -0.121.